The Morgan fingerprint density at radius 1 is 1.11 bits per heavy atom. The topological polar surface area (TPSA) is 130 Å². The van der Waals surface area contributed by atoms with Gasteiger partial charge in [0.25, 0.3) is 5.91 Å². The zero-order valence-corrected chi connectivity index (χ0v) is 19.6. The molecule has 0 saturated carbocycles. The molecule has 0 aliphatic heterocycles. The molecule has 0 heterocycles. The van der Waals surface area contributed by atoms with Crippen LogP contribution in [0.15, 0.2) is 41.5 Å². The van der Waals surface area contributed by atoms with Crippen LogP contribution in [0.1, 0.15) is 30.5 Å². The predicted molar refractivity (Wildman–Crippen MR) is 122 cm³/mol. The predicted octanol–water partition coefficient (Wildman–Crippen LogP) is 5.66. The third-order valence-electron chi connectivity index (χ3n) is 4.98. The fraction of sp³-hybridized carbons (Fsp3) is 0.227. The van der Waals surface area contributed by atoms with E-state index in [0.29, 0.717) is 4.90 Å². The van der Waals surface area contributed by atoms with Crippen LogP contribution < -0.4 is 5.43 Å². The van der Waals surface area contributed by atoms with Crippen molar-refractivity contribution in [1.82, 2.24) is 4.90 Å². The molecule has 0 aliphatic rings. The third kappa shape index (κ3) is 5.83. The van der Waals surface area contributed by atoms with Crippen molar-refractivity contribution in [3.8, 4) is 12.1 Å². The number of hydrogen-bond acceptors (Lipinski definition) is 6. The molecule has 0 radical (unpaired) electrons. The fourth-order valence-electron chi connectivity index (χ4n) is 3.06. The van der Waals surface area contributed by atoms with Gasteiger partial charge in [0.2, 0.25) is 5.71 Å². The number of rotatable bonds is 6. The molecule has 0 spiro atoms. The van der Waals surface area contributed by atoms with Gasteiger partial charge in [0.15, 0.2) is 0 Å². The van der Waals surface area contributed by atoms with Gasteiger partial charge in [-0.25, -0.2) is 9.69 Å². The molecule has 0 aromatic heterocycles. The summed E-state index contributed by atoms with van der Waals surface area (Å²) in [6.07, 6.45) is -6.29. The second-order valence-corrected chi connectivity index (χ2v) is 7.95. The van der Waals surface area contributed by atoms with E-state index in [4.69, 9.17) is 33.6 Å². The Labute approximate surface area is 207 Å². The van der Waals surface area contributed by atoms with Gasteiger partial charge in [0.1, 0.15) is 11.5 Å². The first-order valence-electron chi connectivity index (χ1n) is 9.67. The van der Waals surface area contributed by atoms with Crippen LogP contribution in [0.2, 0.25) is 10.0 Å². The van der Waals surface area contributed by atoms with E-state index in [0.717, 1.165) is 12.1 Å². The van der Waals surface area contributed by atoms with Crippen molar-refractivity contribution in [2.24, 2.45) is 5.10 Å². The van der Waals surface area contributed by atoms with Gasteiger partial charge in [-0.3, -0.25) is 10.2 Å². The van der Waals surface area contributed by atoms with Crippen molar-refractivity contribution in [3.63, 3.8) is 0 Å². The van der Waals surface area contributed by atoms with Gasteiger partial charge in [0.05, 0.1) is 22.3 Å². The largest absolute Gasteiger partial charge is 0.465 e. The molecule has 8 nitrogen and oxygen atoms in total. The number of hydrazone groups is 1. The van der Waals surface area contributed by atoms with Crippen molar-refractivity contribution in [1.29, 1.82) is 10.5 Å². The average molecular weight is 526 g/mol. The zero-order chi connectivity index (χ0) is 26.6. The van der Waals surface area contributed by atoms with Crippen molar-refractivity contribution in [2.75, 3.05) is 12.0 Å². The van der Waals surface area contributed by atoms with Crippen LogP contribution in [-0.2, 0) is 16.4 Å². The number of alkyl halides is 3. The van der Waals surface area contributed by atoms with E-state index < -0.39 is 39.9 Å². The van der Waals surface area contributed by atoms with Gasteiger partial charge < -0.3 is 5.11 Å². The molecule has 2 aromatic rings. The van der Waals surface area contributed by atoms with Crippen molar-refractivity contribution >= 4 is 46.6 Å². The van der Waals surface area contributed by atoms with Crippen LogP contribution in [-0.4, -0.2) is 34.3 Å². The molecule has 0 aliphatic carbocycles. The van der Waals surface area contributed by atoms with E-state index >= 15 is 0 Å². The number of benzene rings is 2. The molecular weight excluding hydrogens is 510 g/mol. The molecule has 13 heteroatoms. The van der Waals surface area contributed by atoms with E-state index in [9.17, 15) is 28.0 Å². The number of nitrogens with zero attached hydrogens (tertiary/aromatic N) is 4. The summed E-state index contributed by atoms with van der Waals surface area (Å²) in [5.74, 6) is -1.14. The van der Waals surface area contributed by atoms with Gasteiger partial charge >= 0.3 is 12.3 Å². The standard InChI is InChI=1S/C22H16Cl2F3N5O3/c1-3-32(20(34)35)19(33)18(10-28)31-30-13-5-6-14(17(24)9-13)21(2,11-29)12-4-7-16(23)15(8-12)22(25,26)27/h4-9,30H,3H2,1-2H3,(H,34,35)/b31-18+. The summed E-state index contributed by atoms with van der Waals surface area (Å²) in [5, 5.41) is 31.1. The maximum absolute atomic E-state index is 13.3. The monoisotopic (exact) mass is 525 g/mol. The zero-order valence-electron chi connectivity index (χ0n) is 18.1. The molecule has 2 N–H and O–H groups in total. The van der Waals surface area contributed by atoms with Crippen LogP contribution in [0, 0.1) is 22.7 Å². The Hall–Kier alpha value is -3.80. The van der Waals surface area contributed by atoms with E-state index in [1.54, 1.807) is 0 Å². The summed E-state index contributed by atoms with van der Waals surface area (Å²) in [6, 6.07) is 10.6. The summed E-state index contributed by atoms with van der Waals surface area (Å²) in [5.41, 5.74) is -0.702. The first-order chi connectivity index (χ1) is 16.3. The number of carbonyl (C=O) groups excluding carboxylic acids is 1. The lowest BCUT2D eigenvalue weighted by atomic mass is 9.77. The number of imide groups is 1. The minimum atomic E-state index is -4.73. The van der Waals surface area contributed by atoms with Crippen molar-refractivity contribution in [2.45, 2.75) is 25.4 Å². The molecule has 0 saturated heterocycles. The van der Waals surface area contributed by atoms with E-state index in [1.165, 1.54) is 44.2 Å². The first kappa shape index (κ1) is 27.4. The number of amides is 2. The molecule has 1 atom stereocenters. The van der Waals surface area contributed by atoms with Crippen LogP contribution in [0.5, 0.6) is 0 Å². The highest BCUT2D eigenvalue weighted by molar-refractivity contribution is 6.46. The van der Waals surface area contributed by atoms with E-state index in [2.05, 4.69) is 10.5 Å². The second-order valence-electron chi connectivity index (χ2n) is 7.14. The minimum Gasteiger partial charge on any atom is -0.465 e. The molecule has 182 valence electrons. The normalized spacial score (nSPS) is 13.2. The molecule has 2 amide bonds. The number of carboxylic acid groups (broad SMARTS) is 1. The van der Waals surface area contributed by atoms with Crippen LogP contribution >= 0.6 is 23.2 Å². The highest BCUT2D eigenvalue weighted by Crippen LogP contribution is 2.41. The number of nitriles is 2. The van der Waals surface area contributed by atoms with Crippen LogP contribution in [0.3, 0.4) is 0 Å². The van der Waals surface area contributed by atoms with Gasteiger partial charge in [-0.1, -0.05) is 35.3 Å². The van der Waals surface area contributed by atoms with Crippen LogP contribution in [0.4, 0.5) is 23.7 Å². The van der Waals surface area contributed by atoms with E-state index in [-0.39, 0.29) is 28.4 Å². The molecular formula is C22H16Cl2F3N5O3. The quantitative estimate of drug-likeness (QED) is 0.369. The van der Waals surface area contributed by atoms with Gasteiger partial charge in [-0.2, -0.15) is 28.8 Å². The molecule has 0 fully saturated rings. The maximum atomic E-state index is 13.3. The Balaban J connectivity index is 2.43. The van der Waals surface area contributed by atoms with Crippen LogP contribution in [0.25, 0.3) is 0 Å². The van der Waals surface area contributed by atoms with Gasteiger partial charge in [-0.05, 0) is 49.2 Å². The highest BCUT2D eigenvalue weighted by Gasteiger charge is 2.37. The Bertz CT molecular complexity index is 1280. The second kappa shape index (κ2) is 10.6. The molecule has 1 unspecified atom stereocenters. The molecule has 2 rings (SSSR count). The maximum Gasteiger partial charge on any atom is 0.417 e. The molecule has 35 heavy (non-hydrogen) atoms. The Morgan fingerprint density at radius 3 is 2.26 bits per heavy atom. The lowest BCUT2D eigenvalue weighted by molar-refractivity contribution is -0.137. The number of hydrogen-bond donors (Lipinski definition) is 2. The summed E-state index contributed by atoms with van der Waals surface area (Å²) in [4.78, 5) is 23.6. The Morgan fingerprint density at radius 2 is 1.77 bits per heavy atom. The Kier molecular flexibility index (Phi) is 8.34. The summed E-state index contributed by atoms with van der Waals surface area (Å²) in [6.45, 7) is 2.58. The lowest BCUT2D eigenvalue weighted by Crippen LogP contribution is -2.40. The third-order valence-corrected chi connectivity index (χ3v) is 5.62. The first-order valence-corrected chi connectivity index (χ1v) is 10.4. The number of nitrogens with one attached hydrogen (secondary N) is 1. The van der Waals surface area contributed by atoms with Crippen molar-refractivity contribution in [3.05, 3.63) is 63.1 Å². The number of carbonyl (C=O) groups is 2. The smallest absolute Gasteiger partial charge is 0.417 e. The summed E-state index contributed by atoms with van der Waals surface area (Å²) < 4.78 is 39.9. The highest BCUT2D eigenvalue weighted by atomic mass is 35.5. The molecule has 2 aromatic carbocycles. The minimum absolute atomic E-state index is 0.00282. The lowest BCUT2D eigenvalue weighted by Gasteiger charge is -2.25. The van der Waals surface area contributed by atoms with E-state index in [1.807, 2.05) is 6.07 Å². The summed E-state index contributed by atoms with van der Waals surface area (Å²) >= 11 is 12.0. The van der Waals surface area contributed by atoms with Gasteiger partial charge in [-0.15, -0.1) is 0 Å². The van der Waals surface area contributed by atoms with Gasteiger partial charge in [0, 0.05) is 11.6 Å². The SMILES string of the molecule is CCN(C(=O)O)C(=O)/C(C#N)=N/Nc1ccc(C(C)(C#N)c2ccc(Cl)c(C(F)(F)F)c2)c(Cl)c1. The average Bonchev–Trinajstić information content (AvgIpc) is 2.78. The molecule has 0 bridgehead atoms. The fourth-order valence-corrected chi connectivity index (χ4v) is 3.65. The summed E-state index contributed by atoms with van der Waals surface area (Å²) in [7, 11) is 0. The number of anilines is 1. The van der Waals surface area contributed by atoms with Crippen molar-refractivity contribution < 1.29 is 27.9 Å². The number of halogens is 5.